The molecular formula is C102H77NO. The van der Waals surface area contributed by atoms with Crippen LogP contribution in [-0.4, -0.2) is 0 Å². The van der Waals surface area contributed by atoms with Crippen LogP contribution in [0.15, 0.2) is 322 Å². The van der Waals surface area contributed by atoms with E-state index in [2.05, 4.69) is 382 Å². The molecule has 0 radical (unpaired) electrons. The van der Waals surface area contributed by atoms with Gasteiger partial charge in [0.1, 0.15) is 0 Å². The fourth-order valence-corrected chi connectivity index (χ4v) is 18.6. The normalized spacial score (nSPS) is 14.9. The Morgan fingerprint density at radius 2 is 0.413 bits per heavy atom. The van der Waals surface area contributed by atoms with Gasteiger partial charge in [0.2, 0.25) is 0 Å². The second-order valence-electron chi connectivity index (χ2n) is 31.5. The van der Waals surface area contributed by atoms with Crippen LogP contribution in [-0.2, 0) is 21.7 Å². The monoisotopic (exact) mass is 1330 g/mol. The summed E-state index contributed by atoms with van der Waals surface area (Å²) in [7, 11) is 0. The summed E-state index contributed by atoms with van der Waals surface area (Å²) < 4.78 is 7.53. The lowest BCUT2D eigenvalue weighted by atomic mass is 9.80. The SMILES string of the molecule is CC1(C)c2ccccc2-c2ccc(-c3ccc4c(c3)C(C)(C)c3cc(-c5ccc6c(c5)Oc5cc(-c7ccc8c(c7)C(C)(C)c7cc(-c9ccc%10c(c9)C(C)(C)c9ccccc9-%10)ccc7-8)ccc5N6c5c(-c6ccc(-c7ccccc7)cc6)cccc5-c5ccc(-c6ccccc6)cc5)ccc3-4)cc21. The van der Waals surface area contributed by atoms with Crippen molar-refractivity contribution < 1.29 is 4.74 Å². The Morgan fingerprint density at radius 1 is 0.183 bits per heavy atom. The van der Waals surface area contributed by atoms with Crippen molar-refractivity contribution in [2.45, 2.75) is 77.0 Å². The highest BCUT2D eigenvalue weighted by Crippen LogP contribution is 2.60. The van der Waals surface area contributed by atoms with E-state index in [0.29, 0.717) is 0 Å². The maximum Gasteiger partial charge on any atom is 0.152 e. The highest BCUT2D eigenvalue weighted by Gasteiger charge is 2.41. The molecule has 20 rings (SSSR count). The van der Waals surface area contributed by atoms with E-state index in [-0.39, 0.29) is 21.7 Å². The molecule has 104 heavy (non-hydrogen) atoms. The molecule has 1 heterocycles. The minimum Gasteiger partial charge on any atom is -0.453 e. The van der Waals surface area contributed by atoms with Gasteiger partial charge in [0.05, 0.1) is 17.1 Å². The second kappa shape index (κ2) is 22.7. The van der Waals surface area contributed by atoms with Crippen LogP contribution < -0.4 is 9.64 Å². The Bertz CT molecular complexity index is 5730. The van der Waals surface area contributed by atoms with E-state index in [1.165, 1.54) is 134 Å². The van der Waals surface area contributed by atoms with E-state index in [9.17, 15) is 0 Å². The van der Waals surface area contributed by atoms with E-state index in [1.54, 1.807) is 0 Å². The lowest BCUT2D eigenvalue weighted by Crippen LogP contribution is -2.18. The lowest BCUT2D eigenvalue weighted by Gasteiger charge is -2.36. The summed E-state index contributed by atoms with van der Waals surface area (Å²) in [6.45, 7) is 19.1. The van der Waals surface area contributed by atoms with Crippen LogP contribution in [0.4, 0.5) is 17.1 Å². The van der Waals surface area contributed by atoms with Crippen molar-refractivity contribution >= 4 is 17.1 Å². The first-order valence-corrected chi connectivity index (χ1v) is 36.8. The van der Waals surface area contributed by atoms with Crippen molar-refractivity contribution in [2.75, 3.05) is 4.90 Å². The molecule has 5 aliphatic rings. The molecule has 0 spiro atoms. The van der Waals surface area contributed by atoms with Gasteiger partial charge in [-0.05, 0) is 228 Å². The zero-order valence-corrected chi connectivity index (χ0v) is 60.0. The van der Waals surface area contributed by atoms with E-state index < -0.39 is 0 Å². The van der Waals surface area contributed by atoms with E-state index in [1.807, 2.05) is 0 Å². The Labute approximate surface area is 610 Å². The molecule has 0 saturated heterocycles. The molecule has 0 N–H and O–H groups in total. The van der Waals surface area contributed by atoms with E-state index in [4.69, 9.17) is 4.74 Å². The molecule has 0 atom stereocenters. The number of anilines is 3. The van der Waals surface area contributed by atoms with Crippen molar-refractivity contribution in [1.29, 1.82) is 0 Å². The highest BCUT2D eigenvalue weighted by molar-refractivity contribution is 6.02. The number of nitrogens with zero attached hydrogens (tertiary/aromatic N) is 1. The third-order valence-corrected chi connectivity index (χ3v) is 24.3. The van der Waals surface area contributed by atoms with Gasteiger partial charge >= 0.3 is 0 Å². The van der Waals surface area contributed by atoms with Crippen molar-refractivity contribution in [2.24, 2.45) is 0 Å². The summed E-state index contributed by atoms with van der Waals surface area (Å²) in [5.74, 6) is 1.58. The zero-order chi connectivity index (χ0) is 70.1. The molecule has 0 aromatic heterocycles. The fourth-order valence-electron chi connectivity index (χ4n) is 18.6. The number of fused-ring (bicyclic) bond motifs is 14. The lowest BCUT2D eigenvalue weighted by molar-refractivity contribution is 0.477. The summed E-state index contributed by atoms with van der Waals surface area (Å²) in [4.78, 5) is 2.49. The third kappa shape index (κ3) is 9.33. The summed E-state index contributed by atoms with van der Waals surface area (Å²) in [6.07, 6.45) is 0. The topological polar surface area (TPSA) is 12.5 Å². The number of hydrogen-bond acceptors (Lipinski definition) is 2. The number of rotatable bonds is 9. The first-order chi connectivity index (χ1) is 50.5. The van der Waals surface area contributed by atoms with Crippen LogP contribution >= 0.6 is 0 Å². The van der Waals surface area contributed by atoms with Crippen molar-refractivity contribution in [3.63, 3.8) is 0 Å². The van der Waals surface area contributed by atoms with Gasteiger partial charge in [0.25, 0.3) is 0 Å². The standard InChI is InChI=1S/C102H77NO/c1-99(2)86-28-17-15-24-78(86)80-46-38-68(54-88(80)99)70-40-48-82-84-50-42-72(58-92(84)101(5,6)90(82)56-70)74-44-52-94-96(60-74)104-97-61-75(73-43-51-85-83-49-41-71(57-91(83)102(7,8)93(85)59-73)69-39-47-81-79-25-16-18-29-87(79)100(3,4)89(81)55-69)45-53-95(97)103(94)98-76(66-34-30-64(31-35-66)62-20-11-9-12-21-62)26-19-27-77(98)67-36-32-65(33-37-67)63-22-13-10-14-23-63/h9-61H,1-8H3. The van der Waals surface area contributed by atoms with Crippen molar-refractivity contribution in [1.82, 2.24) is 0 Å². The molecule has 1 aliphatic heterocycles. The number of benzene rings is 15. The molecule has 496 valence electrons. The van der Waals surface area contributed by atoms with Crippen LogP contribution in [0.2, 0.25) is 0 Å². The van der Waals surface area contributed by atoms with Gasteiger partial charge < -0.3 is 9.64 Å². The molecule has 0 unspecified atom stereocenters. The summed E-state index contributed by atoms with van der Waals surface area (Å²) in [5.41, 5.74) is 42.6. The minimum atomic E-state index is -0.259. The van der Waals surface area contributed by atoms with Gasteiger partial charge in [0.15, 0.2) is 11.5 Å². The fraction of sp³-hybridized carbons (Fsp3) is 0.118. The van der Waals surface area contributed by atoms with Gasteiger partial charge in [-0.15, -0.1) is 0 Å². The van der Waals surface area contributed by atoms with Crippen LogP contribution in [0.25, 0.3) is 134 Å². The molecule has 4 aliphatic carbocycles. The largest absolute Gasteiger partial charge is 0.453 e. The molecule has 15 aromatic carbocycles. The van der Waals surface area contributed by atoms with Gasteiger partial charge in [-0.25, -0.2) is 0 Å². The third-order valence-electron chi connectivity index (χ3n) is 24.3. The number of para-hydroxylation sites is 1. The molecule has 0 amide bonds. The van der Waals surface area contributed by atoms with Crippen LogP contribution in [0.3, 0.4) is 0 Å². The van der Waals surface area contributed by atoms with E-state index in [0.717, 1.165) is 73.1 Å². The molecular weight excluding hydrogens is 1260 g/mol. The molecule has 15 aromatic rings. The summed E-state index contributed by atoms with van der Waals surface area (Å²) in [5, 5.41) is 0. The molecule has 0 saturated carbocycles. The minimum absolute atomic E-state index is 0.0750. The van der Waals surface area contributed by atoms with Gasteiger partial charge in [-0.3, -0.25) is 0 Å². The molecule has 0 bridgehead atoms. The second-order valence-corrected chi connectivity index (χ2v) is 31.5. The average Bonchev–Trinajstić information content (AvgIpc) is 0.972. The maximum absolute atomic E-state index is 7.53. The Kier molecular flexibility index (Phi) is 13.5. The Hall–Kier alpha value is -12.1. The smallest absolute Gasteiger partial charge is 0.152 e. The van der Waals surface area contributed by atoms with Gasteiger partial charge in [-0.2, -0.15) is 0 Å². The van der Waals surface area contributed by atoms with E-state index >= 15 is 0 Å². The predicted molar refractivity (Wildman–Crippen MR) is 435 cm³/mol. The van der Waals surface area contributed by atoms with Crippen LogP contribution in [0.5, 0.6) is 11.5 Å². The average molecular weight is 1330 g/mol. The highest BCUT2D eigenvalue weighted by atomic mass is 16.5. The summed E-state index contributed by atoms with van der Waals surface area (Å²) >= 11 is 0. The number of hydrogen-bond donors (Lipinski definition) is 0. The van der Waals surface area contributed by atoms with Crippen molar-refractivity contribution in [3.05, 3.63) is 366 Å². The summed E-state index contributed by atoms with van der Waals surface area (Å²) in [6, 6.07) is 121. The quantitative estimate of drug-likeness (QED) is 0.143. The molecule has 0 fully saturated rings. The number of ether oxygens (including phenoxy) is 1. The van der Waals surface area contributed by atoms with Crippen LogP contribution in [0.1, 0.15) is 99.9 Å². The Morgan fingerprint density at radius 3 is 0.740 bits per heavy atom. The molecule has 2 heteroatoms. The maximum atomic E-state index is 7.53. The van der Waals surface area contributed by atoms with Gasteiger partial charge in [0, 0.05) is 32.8 Å². The zero-order valence-electron chi connectivity index (χ0n) is 60.0. The Balaban J connectivity index is 0.699. The first kappa shape index (κ1) is 61.7. The first-order valence-electron chi connectivity index (χ1n) is 36.8. The van der Waals surface area contributed by atoms with Gasteiger partial charge in [-0.1, -0.05) is 316 Å². The molecule has 2 nitrogen and oxygen atoms in total. The van der Waals surface area contributed by atoms with Crippen LogP contribution in [0, 0.1) is 0 Å². The predicted octanol–water partition coefficient (Wildman–Crippen LogP) is 27.8. The van der Waals surface area contributed by atoms with Crippen molar-refractivity contribution in [3.8, 4) is 145 Å².